The quantitative estimate of drug-likeness (QED) is 0.460. The number of carbonyl (C=O) groups is 2. The van der Waals surface area contributed by atoms with Crippen molar-refractivity contribution in [2.45, 2.75) is 0 Å². The first-order chi connectivity index (χ1) is 8.49. The van der Waals surface area contributed by atoms with Gasteiger partial charge in [-0.3, -0.25) is 4.79 Å². The number of nitrogens with zero attached hydrogens (tertiary/aromatic N) is 1. The number of carboxylic acids is 1. The molecule has 0 fully saturated rings. The average Bonchev–Trinajstić information content (AvgIpc) is 2.29. The van der Waals surface area contributed by atoms with Crippen molar-refractivity contribution >= 4 is 17.6 Å². The van der Waals surface area contributed by atoms with E-state index in [-0.39, 0.29) is 41.0 Å². The Labute approximate surface area is 134 Å². The first-order valence-corrected chi connectivity index (χ1v) is 5.42. The standard InChI is InChI=1S/C13H16N2O3.Na/c1-15(2)9-3-4-12(16)14-11-7-5-10(6-8-11)13(17)18;/h3-8H,9H2,1-2H3,(H,14,16)(H,17,18);/q;+1/p-1/b4-3+;. The van der Waals surface area contributed by atoms with Crippen molar-refractivity contribution < 1.29 is 44.3 Å². The average molecular weight is 270 g/mol. The summed E-state index contributed by atoms with van der Waals surface area (Å²) in [6.07, 6.45) is 3.18. The summed E-state index contributed by atoms with van der Waals surface area (Å²) in [4.78, 5) is 23.9. The monoisotopic (exact) mass is 270 g/mol. The summed E-state index contributed by atoms with van der Waals surface area (Å²) in [7, 11) is 3.81. The Morgan fingerprint density at radius 3 is 2.32 bits per heavy atom. The third kappa shape index (κ3) is 7.12. The van der Waals surface area contributed by atoms with Gasteiger partial charge in [-0.25, -0.2) is 0 Å². The van der Waals surface area contributed by atoms with Gasteiger partial charge in [0.15, 0.2) is 0 Å². The van der Waals surface area contributed by atoms with Gasteiger partial charge in [-0.05, 0) is 31.8 Å². The summed E-state index contributed by atoms with van der Waals surface area (Å²) in [5.41, 5.74) is 0.621. The van der Waals surface area contributed by atoms with Gasteiger partial charge in [0, 0.05) is 18.3 Å². The van der Waals surface area contributed by atoms with Crippen LogP contribution < -0.4 is 40.0 Å². The van der Waals surface area contributed by atoms with Gasteiger partial charge < -0.3 is 20.1 Å². The molecule has 19 heavy (non-hydrogen) atoms. The van der Waals surface area contributed by atoms with Crippen LogP contribution in [0.3, 0.4) is 0 Å². The minimum absolute atomic E-state index is 0. The zero-order valence-corrected chi connectivity index (χ0v) is 13.3. The van der Waals surface area contributed by atoms with Gasteiger partial charge in [0.2, 0.25) is 5.91 Å². The second-order valence-corrected chi connectivity index (χ2v) is 4.02. The van der Waals surface area contributed by atoms with Gasteiger partial charge >= 0.3 is 29.6 Å². The summed E-state index contributed by atoms with van der Waals surface area (Å²) in [5, 5.41) is 13.1. The van der Waals surface area contributed by atoms with Crippen LogP contribution in [0, 0.1) is 0 Å². The number of nitrogens with one attached hydrogen (secondary N) is 1. The largest absolute Gasteiger partial charge is 1.00 e. The Bertz CT molecular complexity index is 455. The van der Waals surface area contributed by atoms with E-state index >= 15 is 0 Å². The fourth-order valence-electron chi connectivity index (χ4n) is 1.24. The molecule has 0 aliphatic heterocycles. The van der Waals surface area contributed by atoms with Gasteiger partial charge in [-0.2, -0.15) is 0 Å². The van der Waals surface area contributed by atoms with Crippen LogP contribution in [0.5, 0.6) is 0 Å². The van der Waals surface area contributed by atoms with Crippen molar-refractivity contribution in [1.82, 2.24) is 4.90 Å². The predicted molar refractivity (Wildman–Crippen MR) is 67.1 cm³/mol. The van der Waals surface area contributed by atoms with Crippen molar-refractivity contribution in [3.05, 3.63) is 42.0 Å². The molecule has 0 unspecified atom stereocenters. The second-order valence-electron chi connectivity index (χ2n) is 4.02. The van der Waals surface area contributed by atoms with Gasteiger partial charge in [0.25, 0.3) is 0 Å². The first-order valence-electron chi connectivity index (χ1n) is 5.42. The van der Waals surface area contributed by atoms with Crippen LogP contribution in [-0.4, -0.2) is 37.4 Å². The maximum absolute atomic E-state index is 11.5. The van der Waals surface area contributed by atoms with E-state index in [0.717, 1.165) is 0 Å². The topological polar surface area (TPSA) is 72.5 Å². The molecule has 0 aliphatic rings. The molecule has 1 N–H and O–H groups in total. The fourth-order valence-corrected chi connectivity index (χ4v) is 1.24. The smallest absolute Gasteiger partial charge is 0.545 e. The van der Waals surface area contributed by atoms with Crippen molar-refractivity contribution in [3.8, 4) is 0 Å². The number of aromatic carboxylic acids is 1. The van der Waals surface area contributed by atoms with Gasteiger partial charge in [-0.15, -0.1) is 0 Å². The van der Waals surface area contributed by atoms with Crippen molar-refractivity contribution in [2.24, 2.45) is 0 Å². The summed E-state index contributed by atoms with van der Waals surface area (Å²) in [6, 6.07) is 5.80. The Morgan fingerprint density at radius 1 is 1.26 bits per heavy atom. The molecule has 0 saturated heterocycles. The van der Waals surface area contributed by atoms with Crippen LogP contribution in [0.15, 0.2) is 36.4 Å². The Morgan fingerprint density at radius 2 is 1.84 bits per heavy atom. The number of anilines is 1. The van der Waals surface area contributed by atoms with E-state index in [2.05, 4.69) is 5.32 Å². The van der Waals surface area contributed by atoms with E-state index in [0.29, 0.717) is 12.2 Å². The third-order valence-electron chi connectivity index (χ3n) is 2.13. The maximum Gasteiger partial charge on any atom is 1.00 e. The zero-order chi connectivity index (χ0) is 13.5. The molecule has 1 rings (SSSR count). The number of carbonyl (C=O) groups excluding carboxylic acids is 2. The minimum atomic E-state index is -1.24. The van der Waals surface area contributed by atoms with Crippen molar-refractivity contribution in [2.75, 3.05) is 26.0 Å². The molecule has 0 aromatic heterocycles. The Hall–Kier alpha value is -1.14. The van der Waals surface area contributed by atoms with Crippen LogP contribution in [-0.2, 0) is 4.79 Å². The van der Waals surface area contributed by atoms with E-state index in [1.165, 1.54) is 30.3 Å². The molecule has 0 bridgehead atoms. The number of likely N-dealkylation sites (N-methyl/N-ethyl adjacent to an activating group) is 1. The van der Waals surface area contributed by atoms with Gasteiger partial charge in [0.1, 0.15) is 0 Å². The van der Waals surface area contributed by atoms with Crippen LogP contribution >= 0.6 is 0 Å². The van der Waals surface area contributed by atoms with E-state index in [1.54, 1.807) is 6.08 Å². The summed E-state index contributed by atoms with van der Waals surface area (Å²) in [5.74, 6) is -1.49. The van der Waals surface area contributed by atoms with E-state index in [1.807, 2.05) is 19.0 Å². The maximum atomic E-state index is 11.5. The molecule has 6 heteroatoms. The van der Waals surface area contributed by atoms with Crippen molar-refractivity contribution in [3.63, 3.8) is 0 Å². The van der Waals surface area contributed by atoms with Crippen molar-refractivity contribution in [1.29, 1.82) is 0 Å². The molecule has 96 valence electrons. The summed E-state index contributed by atoms with van der Waals surface area (Å²) in [6.45, 7) is 0.678. The predicted octanol–water partition coefficient (Wildman–Crippen LogP) is -2.89. The molecule has 0 saturated carbocycles. The molecular weight excluding hydrogens is 255 g/mol. The van der Waals surface area contributed by atoms with E-state index < -0.39 is 5.97 Å². The number of hydrogen-bond donors (Lipinski definition) is 1. The molecule has 0 aliphatic carbocycles. The SMILES string of the molecule is CN(C)C/C=C/C(=O)Nc1ccc(C(=O)[O-])cc1.[Na+]. The zero-order valence-electron chi connectivity index (χ0n) is 11.3. The minimum Gasteiger partial charge on any atom is -0.545 e. The molecule has 0 atom stereocenters. The molecule has 1 aromatic rings. The first kappa shape index (κ1) is 17.9. The molecule has 0 heterocycles. The molecule has 0 radical (unpaired) electrons. The van der Waals surface area contributed by atoms with Crippen LogP contribution in [0.25, 0.3) is 0 Å². The molecule has 0 spiro atoms. The van der Waals surface area contributed by atoms with Crippen LogP contribution in [0.1, 0.15) is 10.4 Å². The summed E-state index contributed by atoms with van der Waals surface area (Å²) < 4.78 is 0. The fraction of sp³-hybridized carbons (Fsp3) is 0.231. The number of carboxylic acid groups (broad SMARTS) is 1. The number of benzene rings is 1. The number of hydrogen-bond acceptors (Lipinski definition) is 4. The summed E-state index contributed by atoms with van der Waals surface area (Å²) >= 11 is 0. The van der Waals surface area contributed by atoms with Crippen LogP contribution in [0.2, 0.25) is 0 Å². The molecular formula is C13H15N2NaO3. The Kier molecular flexibility index (Phi) is 8.34. The van der Waals surface area contributed by atoms with E-state index in [4.69, 9.17) is 0 Å². The van der Waals surface area contributed by atoms with Crippen LogP contribution in [0.4, 0.5) is 5.69 Å². The third-order valence-corrected chi connectivity index (χ3v) is 2.13. The number of amides is 1. The Balaban J connectivity index is 0.00000324. The molecule has 1 amide bonds. The van der Waals surface area contributed by atoms with Gasteiger partial charge in [-0.1, -0.05) is 18.2 Å². The second kappa shape index (κ2) is 8.87. The van der Waals surface area contributed by atoms with Gasteiger partial charge in [0.05, 0.1) is 5.97 Å². The van der Waals surface area contributed by atoms with E-state index in [9.17, 15) is 14.7 Å². The normalized spacial score (nSPS) is 10.3. The molecule has 5 nitrogen and oxygen atoms in total. The number of rotatable bonds is 5. The molecule has 1 aromatic carbocycles.